The number of carboxylic acid groups (broad SMARTS) is 1. The highest BCUT2D eigenvalue weighted by atomic mass is 16.5. The molecule has 2 aliphatic rings. The summed E-state index contributed by atoms with van der Waals surface area (Å²) in [6, 6.07) is 5.64. The molecule has 0 saturated heterocycles. The van der Waals surface area contributed by atoms with E-state index in [0.29, 0.717) is 24.6 Å². The summed E-state index contributed by atoms with van der Waals surface area (Å²) in [7, 11) is 0. The number of carbonyl (C=O) groups is 2. The lowest BCUT2D eigenvalue weighted by atomic mass is 9.88. The number of fused-ring (bicyclic) bond motifs is 1. The molecule has 4 N–H and O–H groups in total. The van der Waals surface area contributed by atoms with Gasteiger partial charge in [-0.1, -0.05) is 19.3 Å². The second kappa shape index (κ2) is 11.8. The number of carbonyl (C=O) groups excluding carboxylic acids is 1. The van der Waals surface area contributed by atoms with Gasteiger partial charge in [0.05, 0.1) is 18.7 Å². The van der Waals surface area contributed by atoms with Crippen LogP contribution in [0.15, 0.2) is 30.6 Å². The van der Waals surface area contributed by atoms with E-state index in [2.05, 4.69) is 25.5 Å². The fourth-order valence-corrected chi connectivity index (χ4v) is 4.86. The van der Waals surface area contributed by atoms with Crippen LogP contribution in [0.4, 0.5) is 17.3 Å². The molecule has 0 bridgehead atoms. The smallest absolute Gasteiger partial charge is 0.307 e. The molecule has 2 aromatic rings. The van der Waals surface area contributed by atoms with Crippen molar-refractivity contribution in [3.05, 3.63) is 30.6 Å². The van der Waals surface area contributed by atoms with E-state index in [4.69, 9.17) is 4.74 Å². The van der Waals surface area contributed by atoms with Crippen LogP contribution >= 0.6 is 0 Å². The molecule has 1 aliphatic heterocycles. The molecule has 9 nitrogen and oxygen atoms in total. The predicted molar refractivity (Wildman–Crippen MR) is 131 cm³/mol. The van der Waals surface area contributed by atoms with Crippen LogP contribution in [0.5, 0.6) is 5.75 Å². The number of anilines is 3. The number of imidazole rings is 1. The number of ether oxygens (including phenoxy) is 1. The summed E-state index contributed by atoms with van der Waals surface area (Å²) in [5.74, 6) is 1.17. The first kappa shape index (κ1) is 23.9. The number of H-pyrrole nitrogens is 1. The number of hydrogen-bond donors (Lipinski definition) is 4. The zero-order valence-corrected chi connectivity index (χ0v) is 19.6. The Labute approximate surface area is 200 Å². The van der Waals surface area contributed by atoms with E-state index in [1.807, 2.05) is 18.2 Å². The van der Waals surface area contributed by atoms with Gasteiger partial charge >= 0.3 is 5.97 Å². The average molecular weight is 470 g/mol. The van der Waals surface area contributed by atoms with Gasteiger partial charge < -0.3 is 30.4 Å². The molecule has 1 unspecified atom stereocenters. The van der Waals surface area contributed by atoms with Gasteiger partial charge in [0.1, 0.15) is 11.9 Å². The minimum absolute atomic E-state index is 0.0164. The molecule has 1 saturated carbocycles. The maximum absolute atomic E-state index is 12.5. The van der Waals surface area contributed by atoms with Crippen molar-refractivity contribution in [1.82, 2.24) is 9.97 Å². The van der Waals surface area contributed by atoms with Crippen molar-refractivity contribution >= 4 is 29.2 Å². The molecule has 34 heavy (non-hydrogen) atoms. The first-order valence-electron chi connectivity index (χ1n) is 12.4. The van der Waals surface area contributed by atoms with Crippen molar-refractivity contribution in [2.75, 3.05) is 35.2 Å². The normalized spacial score (nSPS) is 18.1. The number of aliphatic carboxylic acids is 1. The van der Waals surface area contributed by atoms with Crippen LogP contribution in [0, 0.1) is 5.92 Å². The Morgan fingerprint density at radius 3 is 2.82 bits per heavy atom. The largest absolute Gasteiger partial charge is 0.486 e. The van der Waals surface area contributed by atoms with Crippen LogP contribution in [0.1, 0.15) is 57.8 Å². The molecule has 1 aliphatic carbocycles. The minimum atomic E-state index is -0.852. The van der Waals surface area contributed by atoms with E-state index in [0.717, 1.165) is 43.3 Å². The van der Waals surface area contributed by atoms with E-state index in [1.165, 1.54) is 32.1 Å². The third kappa shape index (κ3) is 6.88. The van der Waals surface area contributed by atoms with Crippen molar-refractivity contribution in [2.24, 2.45) is 5.92 Å². The fraction of sp³-hybridized carbons (Fsp3) is 0.560. The minimum Gasteiger partial charge on any atom is -0.486 e. The van der Waals surface area contributed by atoms with Gasteiger partial charge in [-0.05, 0) is 49.8 Å². The van der Waals surface area contributed by atoms with Crippen molar-refractivity contribution in [1.29, 1.82) is 0 Å². The first-order valence-corrected chi connectivity index (χ1v) is 12.4. The lowest BCUT2D eigenvalue weighted by Crippen LogP contribution is -2.43. The monoisotopic (exact) mass is 469 g/mol. The van der Waals surface area contributed by atoms with Crippen LogP contribution in [-0.2, 0) is 9.59 Å². The molecule has 0 radical (unpaired) electrons. The Morgan fingerprint density at radius 2 is 2.06 bits per heavy atom. The zero-order chi connectivity index (χ0) is 23.8. The van der Waals surface area contributed by atoms with Gasteiger partial charge in [0, 0.05) is 37.6 Å². The molecule has 2 heterocycles. The summed E-state index contributed by atoms with van der Waals surface area (Å²) in [6.07, 6.45) is 11.4. The number of unbranched alkanes of at least 4 members (excludes halogenated alkanes) is 1. The predicted octanol–water partition coefficient (Wildman–Crippen LogP) is 4.25. The number of nitrogens with zero attached hydrogens (tertiary/aromatic N) is 2. The Morgan fingerprint density at radius 1 is 1.21 bits per heavy atom. The highest BCUT2D eigenvalue weighted by Gasteiger charge is 2.29. The molecule has 9 heteroatoms. The van der Waals surface area contributed by atoms with E-state index in [1.54, 1.807) is 12.4 Å². The highest BCUT2D eigenvalue weighted by Crippen LogP contribution is 2.38. The Kier molecular flexibility index (Phi) is 8.27. The fourth-order valence-electron chi connectivity index (χ4n) is 4.86. The third-order valence-corrected chi connectivity index (χ3v) is 6.53. The summed E-state index contributed by atoms with van der Waals surface area (Å²) in [5, 5.41) is 15.5. The van der Waals surface area contributed by atoms with E-state index >= 15 is 0 Å². The number of aromatic nitrogens is 2. The number of benzene rings is 1. The number of aromatic amines is 1. The summed E-state index contributed by atoms with van der Waals surface area (Å²) in [6.45, 7) is 2.20. The van der Waals surface area contributed by atoms with Crippen molar-refractivity contribution in [3.63, 3.8) is 0 Å². The topological polar surface area (TPSA) is 120 Å². The van der Waals surface area contributed by atoms with Crippen LogP contribution in [0.2, 0.25) is 0 Å². The van der Waals surface area contributed by atoms with Gasteiger partial charge in [-0.25, -0.2) is 4.98 Å². The molecule has 1 fully saturated rings. The molecule has 0 spiro atoms. The molecule has 1 amide bonds. The van der Waals surface area contributed by atoms with E-state index in [9.17, 15) is 14.7 Å². The zero-order valence-electron chi connectivity index (χ0n) is 19.6. The van der Waals surface area contributed by atoms with E-state index in [-0.39, 0.29) is 18.4 Å². The van der Waals surface area contributed by atoms with Gasteiger partial charge in [-0.3, -0.25) is 9.59 Å². The van der Waals surface area contributed by atoms with Gasteiger partial charge in [0.2, 0.25) is 5.91 Å². The van der Waals surface area contributed by atoms with E-state index < -0.39 is 5.97 Å². The summed E-state index contributed by atoms with van der Waals surface area (Å²) in [5.41, 5.74) is 1.68. The SMILES string of the molecule is O=C(O)CC1CN(CC2CCCCC2)c2cc(NC(=O)CCCCNc3ncc[nH]3)ccc2O1. The maximum atomic E-state index is 12.5. The van der Waals surface area contributed by atoms with Gasteiger partial charge in [0.25, 0.3) is 0 Å². The number of nitrogens with one attached hydrogen (secondary N) is 3. The number of rotatable bonds is 11. The molecule has 184 valence electrons. The van der Waals surface area contributed by atoms with Crippen molar-refractivity contribution < 1.29 is 19.4 Å². The van der Waals surface area contributed by atoms with Gasteiger partial charge in [-0.2, -0.15) is 0 Å². The number of amides is 1. The van der Waals surface area contributed by atoms with Crippen LogP contribution < -0.4 is 20.3 Å². The lowest BCUT2D eigenvalue weighted by Gasteiger charge is -2.38. The Balaban J connectivity index is 1.33. The van der Waals surface area contributed by atoms with Crippen LogP contribution in [-0.4, -0.2) is 52.7 Å². The highest BCUT2D eigenvalue weighted by molar-refractivity contribution is 5.91. The number of hydrogen-bond acceptors (Lipinski definition) is 6. The van der Waals surface area contributed by atoms with Crippen LogP contribution in [0.3, 0.4) is 0 Å². The van der Waals surface area contributed by atoms with Crippen LogP contribution in [0.25, 0.3) is 0 Å². The summed E-state index contributed by atoms with van der Waals surface area (Å²) < 4.78 is 5.99. The van der Waals surface area contributed by atoms with Crippen molar-refractivity contribution in [2.45, 2.75) is 63.9 Å². The van der Waals surface area contributed by atoms with Gasteiger partial charge in [-0.15, -0.1) is 0 Å². The molecule has 1 atom stereocenters. The molecular weight excluding hydrogens is 434 g/mol. The molecule has 1 aromatic carbocycles. The molecular formula is C25H35N5O4. The average Bonchev–Trinajstić information content (AvgIpc) is 3.33. The Bertz CT molecular complexity index is 943. The third-order valence-electron chi connectivity index (χ3n) is 6.53. The quantitative estimate of drug-likeness (QED) is 0.363. The lowest BCUT2D eigenvalue weighted by molar-refractivity contribution is -0.138. The standard InChI is InChI=1S/C25H35N5O4/c31-23(8-4-5-11-26-25-27-12-13-28-25)29-19-9-10-22-21(14-19)30(16-18-6-2-1-3-7-18)17-20(34-22)15-24(32)33/h9-10,12-14,18,20H,1-8,11,15-17H2,(H,29,31)(H,32,33)(H2,26,27,28). The van der Waals surface area contributed by atoms with Gasteiger partial charge in [0.15, 0.2) is 5.95 Å². The second-order valence-electron chi connectivity index (χ2n) is 9.30. The molecule has 1 aromatic heterocycles. The second-order valence-corrected chi connectivity index (χ2v) is 9.30. The molecule has 4 rings (SSSR count). The maximum Gasteiger partial charge on any atom is 0.307 e. The summed E-state index contributed by atoms with van der Waals surface area (Å²) in [4.78, 5) is 33.1. The Hall–Kier alpha value is -3.23. The summed E-state index contributed by atoms with van der Waals surface area (Å²) >= 11 is 0. The first-order chi connectivity index (χ1) is 16.6. The van der Waals surface area contributed by atoms with Crippen molar-refractivity contribution in [3.8, 4) is 5.75 Å². The number of carboxylic acids is 1.